The Morgan fingerprint density at radius 1 is 1.44 bits per heavy atom. The van der Waals surface area contributed by atoms with Crippen LogP contribution < -0.4 is 5.73 Å². The SMILES string of the molecule is CC1CN(Cc2cccc(N)c2)CCS1(=O)=O.Cl. The van der Waals surface area contributed by atoms with Gasteiger partial charge in [0.1, 0.15) is 0 Å². The van der Waals surface area contributed by atoms with Crippen LogP contribution in [-0.2, 0) is 16.4 Å². The zero-order valence-electron chi connectivity index (χ0n) is 10.4. The Morgan fingerprint density at radius 3 is 2.78 bits per heavy atom. The molecule has 0 bridgehead atoms. The molecule has 102 valence electrons. The molecule has 0 saturated carbocycles. The second kappa shape index (κ2) is 5.91. The molecule has 1 aromatic carbocycles. The molecule has 1 saturated heterocycles. The van der Waals surface area contributed by atoms with Crippen molar-refractivity contribution in [3.05, 3.63) is 29.8 Å². The number of sulfone groups is 1. The van der Waals surface area contributed by atoms with Gasteiger partial charge in [0.05, 0.1) is 11.0 Å². The van der Waals surface area contributed by atoms with Gasteiger partial charge in [-0.15, -0.1) is 12.4 Å². The molecule has 1 aliphatic rings. The lowest BCUT2D eigenvalue weighted by atomic mass is 10.2. The summed E-state index contributed by atoms with van der Waals surface area (Å²) in [6, 6.07) is 7.74. The minimum absolute atomic E-state index is 0. The van der Waals surface area contributed by atoms with E-state index >= 15 is 0 Å². The van der Waals surface area contributed by atoms with E-state index in [1.165, 1.54) is 0 Å². The molecule has 2 N–H and O–H groups in total. The molecule has 1 unspecified atom stereocenters. The van der Waals surface area contributed by atoms with E-state index in [0.717, 1.165) is 17.8 Å². The van der Waals surface area contributed by atoms with Crippen LogP contribution in [0.15, 0.2) is 24.3 Å². The number of hydrogen-bond acceptors (Lipinski definition) is 4. The lowest BCUT2D eigenvalue weighted by molar-refractivity contribution is 0.270. The van der Waals surface area contributed by atoms with Crippen LogP contribution in [0.3, 0.4) is 0 Å². The van der Waals surface area contributed by atoms with Crippen LogP contribution >= 0.6 is 12.4 Å². The number of halogens is 1. The number of hydrogen-bond donors (Lipinski definition) is 1. The second-order valence-electron chi connectivity index (χ2n) is 4.66. The molecule has 18 heavy (non-hydrogen) atoms. The Balaban J connectivity index is 0.00000162. The number of anilines is 1. The van der Waals surface area contributed by atoms with Gasteiger partial charge >= 0.3 is 0 Å². The number of nitrogen functional groups attached to an aromatic ring is 1. The number of benzene rings is 1. The molecule has 0 aromatic heterocycles. The summed E-state index contributed by atoms with van der Waals surface area (Å²) in [5.74, 6) is 0.260. The van der Waals surface area contributed by atoms with Crippen molar-refractivity contribution in [1.29, 1.82) is 0 Å². The highest BCUT2D eigenvalue weighted by molar-refractivity contribution is 7.92. The summed E-state index contributed by atoms with van der Waals surface area (Å²) in [6.45, 7) is 3.77. The maximum absolute atomic E-state index is 11.6. The molecule has 1 atom stereocenters. The molecule has 1 aliphatic heterocycles. The molecular formula is C12H19ClN2O2S. The molecule has 1 aromatic rings. The van der Waals surface area contributed by atoms with Crippen LogP contribution in [0.4, 0.5) is 5.69 Å². The topological polar surface area (TPSA) is 63.4 Å². The van der Waals surface area contributed by atoms with Crippen LogP contribution in [0.5, 0.6) is 0 Å². The third kappa shape index (κ3) is 3.60. The normalized spacial score (nSPS) is 23.3. The van der Waals surface area contributed by atoms with Crippen LogP contribution in [0, 0.1) is 0 Å². The number of rotatable bonds is 2. The van der Waals surface area contributed by atoms with E-state index in [0.29, 0.717) is 13.1 Å². The minimum atomic E-state index is -2.86. The van der Waals surface area contributed by atoms with Gasteiger partial charge in [0.2, 0.25) is 0 Å². The lowest BCUT2D eigenvalue weighted by Gasteiger charge is -2.30. The average Bonchev–Trinajstić information content (AvgIpc) is 2.24. The van der Waals surface area contributed by atoms with Crippen molar-refractivity contribution in [3.8, 4) is 0 Å². The Bertz CT molecular complexity index is 505. The maximum Gasteiger partial charge on any atom is 0.155 e. The average molecular weight is 291 g/mol. The fraction of sp³-hybridized carbons (Fsp3) is 0.500. The van der Waals surface area contributed by atoms with E-state index in [1.54, 1.807) is 6.92 Å². The Kier molecular flexibility index (Phi) is 5.01. The van der Waals surface area contributed by atoms with Gasteiger partial charge in [-0.2, -0.15) is 0 Å². The Hall–Kier alpha value is -0.780. The van der Waals surface area contributed by atoms with Gasteiger partial charge < -0.3 is 5.73 Å². The summed E-state index contributed by atoms with van der Waals surface area (Å²) in [4.78, 5) is 2.17. The molecule has 0 spiro atoms. The van der Waals surface area contributed by atoms with Crippen molar-refractivity contribution in [2.24, 2.45) is 0 Å². The third-order valence-electron chi connectivity index (χ3n) is 3.18. The van der Waals surface area contributed by atoms with Gasteiger partial charge in [0.25, 0.3) is 0 Å². The Labute approximate surface area is 114 Å². The van der Waals surface area contributed by atoms with E-state index in [9.17, 15) is 8.42 Å². The zero-order valence-corrected chi connectivity index (χ0v) is 12.0. The first-order chi connectivity index (χ1) is 7.97. The number of nitrogens with two attached hydrogens (primary N) is 1. The molecule has 1 heterocycles. The minimum Gasteiger partial charge on any atom is -0.399 e. The largest absolute Gasteiger partial charge is 0.399 e. The van der Waals surface area contributed by atoms with Crippen molar-refractivity contribution in [2.45, 2.75) is 18.7 Å². The Morgan fingerprint density at radius 2 is 2.17 bits per heavy atom. The fourth-order valence-corrected chi connectivity index (χ4v) is 3.47. The van der Waals surface area contributed by atoms with Gasteiger partial charge in [-0.3, -0.25) is 4.90 Å². The van der Waals surface area contributed by atoms with E-state index in [-0.39, 0.29) is 23.4 Å². The van der Waals surface area contributed by atoms with Crippen LogP contribution in [0.1, 0.15) is 12.5 Å². The molecule has 4 nitrogen and oxygen atoms in total. The summed E-state index contributed by atoms with van der Waals surface area (Å²) in [5, 5.41) is -0.266. The van der Waals surface area contributed by atoms with Crippen molar-refractivity contribution in [1.82, 2.24) is 4.90 Å². The summed E-state index contributed by atoms with van der Waals surface area (Å²) in [5.41, 5.74) is 7.61. The highest BCUT2D eigenvalue weighted by Gasteiger charge is 2.28. The van der Waals surface area contributed by atoms with Crippen LogP contribution in [0.2, 0.25) is 0 Å². The third-order valence-corrected chi connectivity index (χ3v) is 5.30. The zero-order chi connectivity index (χ0) is 12.5. The molecule has 0 aliphatic carbocycles. The first-order valence-corrected chi connectivity index (χ1v) is 7.47. The highest BCUT2D eigenvalue weighted by Crippen LogP contribution is 2.16. The van der Waals surface area contributed by atoms with Crippen LogP contribution in [-0.4, -0.2) is 37.4 Å². The monoisotopic (exact) mass is 290 g/mol. The first-order valence-electron chi connectivity index (χ1n) is 5.76. The van der Waals surface area contributed by atoms with Crippen molar-refractivity contribution in [2.75, 3.05) is 24.6 Å². The smallest absolute Gasteiger partial charge is 0.155 e. The van der Waals surface area contributed by atoms with Crippen molar-refractivity contribution >= 4 is 27.9 Å². The van der Waals surface area contributed by atoms with Gasteiger partial charge in [0.15, 0.2) is 9.84 Å². The quantitative estimate of drug-likeness (QED) is 0.834. The van der Waals surface area contributed by atoms with Gasteiger partial charge in [0, 0.05) is 25.3 Å². The lowest BCUT2D eigenvalue weighted by Crippen LogP contribution is -2.44. The maximum atomic E-state index is 11.6. The first kappa shape index (κ1) is 15.3. The van der Waals surface area contributed by atoms with Gasteiger partial charge in [-0.1, -0.05) is 12.1 Å². The molecular weight excluding hydrogens is 272 g/mol. The summed E-state index contributed by atoms with van der Waals surface area (Å²) in [7, 11) is -2.86. The van der Waals surface area contributed by atoms with Crippen molar-refractivity contribution < 1.29 is 8.42 Å². The van der Waals surface area contributed by atoms with E-state index in [2.05, 4.69) is 4.90 Å². The van der Waals surface area contributed by atoms with E-state index < -0.39 is 9.84 Å². The predicted molar refractivity (Wildman–Crippen MR) is 76.6 cm³/mol. The van der Waals surface area contributed by atoms with E-state index in [1.807, 2.05) is 24.3 Å². The molecule has 1 fully saturated rings. The fourth-order valence-electron chi connectivity index (χ4n) is 2.12. The van der Waals surface area contributed by atoms with E-state index in [4.69, 9.17) is 5.73 Å². The van der Waals surface area contributed by atoms with Crippen molar-refractivity contribution in [3.63, 3.8) is 0 Å². The second-order valence-corrected chi connectivity index (χ2v) is 7.20. The number of nitrogens with zero attached hydrogens (tertiary/aromatic N) is 1. The summed E-state index contributed by atoms with van der Waals surface area (Å²) < 4.78 is 23.2. The molecule has 2 rings (SSSR count). The van der Waals surface area contributed by atoms with Gasteiger partial charge in [-0.05, 0) is 24.6 Å². The van der Waals surface area contributed by atoms with Crippen LogP contribution in [0.25, 0.3) is 0 Å². The summed E-state index contributed by atoms with van der Waals surface area (Å²) in [6.07, 6.45) is 0. The standard InChI is InChI=1S/C12H18N2O2S.ClH/c1-10-8-14(5-6-17(10,15)16)9-11-3-2-4-12(13)7-11;/h2-4,7,10H,5-6,8-9,13H2,1H3;1H. The summed E-state index contributed by atoms with van der Waals surface area (Å²) >= 11 is 0. The predicted octanol–water partition coefficient (Wildman–Crippen LogP) is 1.31. The molecule has 0 radical (unpaired) electrons. The highest BCUT2D eigenvalue weighted by atomic mass is 35.5. The van der Waals surface area contributed by atoms with Gasteiger partial charge in [-0.25, -0.2) is 8.42 Å². The molecule has 0 amide bonds. The molecule has 6 heteroatoms.